The normalized spacial score (nSPS) is 10.7. The van der Waals surface area contributed by atoms with Gasteiger partial charge in [-0.25, -0.2) is 0 Å². The molecule has 0 saturated heterocycles. The number of nitrogens with two attached hydrogens (primary N) is 1. The quantitative estimate of drug-likeness (QED) is 0.836. The Hall–Kier alpha value is -1.75. The highest BCUT2D eigenvalue weighted by atomic mass is 35.5. The molecule has 0 unspecified atom stereocenters. The van der Waals surface area contributed by atoms with Crippen LogP contribution in [0.2, 0.25) is 5.02 Å². The van der Waals surface area contributed by atoms with Crippen molar-refractivity contribution in [2.24, 2.45) is 5.73 Å². The molecule has 0 aromatic heterocycles. The molecule has 0 aliphatic carbocycles. The van der Waals surface area contributed by atoms with Crippen molar-refractivity contribution < 1.29 is 22.7 Å². The van der Waals surface area contributed by atoms with Gasteiger partial charge in [0.2, 0.25) is 5.91 Å². The van der Waals surface area contributed by atoms with E-state index in [-0.39, 0.29) is 17.3 Å². The predicted molar refractivity (Wildman–Crippen MR) is 72.9 cm³/mol. The molecule has 0 saturated carbocycles. The molecule has 0 aliphatic rings. The van der Waals surface area contributed by atoms with Crippen LogP contribution in [0.15, 0.2) is 18.2 Å². The summed E-state index contributed by atoms with van der Waals surface area (Å²) >= 11 is 5.87. The number of nitrogens with one attached hydrogen (secondary N) is 1. The third-order valence-corrected chi connectivity index (χ3v) is 2.40. The summed E-state index contributed by atoms with van der Waals surface area (Å²) in [6.07, 6.45) is -4.48. The molecule has 0 heterocycles. The number of rotatable bonds is 4. The van der Waals surface area contributed by atoms with Gasteiger partial charge in [-0.2, -0.15) is 13.2 Å². The number of halogens is 4. The summed E-state index contributed by atoms with van der Waals surface area (Å²) in [7, 11) is 0. The maximum Gasteiger partial charge on any atom is 0.411 e. The zero-order valence-corrected chi connectivity index (χ0v) is 11.5. The smallest absolute Gasteiger partial charge is 0.362 e. The first-order valence-corrected chi connectivity index (χ1v) is 6.12. The van der Waals surface area contributed by atoms with Crippen LogP contribution in [0.25, 0.3) is 0 Å². The van der Waals surface area contributed by atoms with Crippen molar-refractivity contribution in [3.63, 3.8) is 0 Å². The van der Waals surface area contributed by atoms with Gasteiger partial charge in [0.25, 0.3) is 0 Å². The minimum atomic E-state index is -4.48. The fourth-order valence-electron chi connectivity index (χ4n) is 1.30. The molecular weight excluding hydrogens is 309 g/mol. The van der Waals surface area contributed by atoms with Crippen molar-refractivity contribution in [3.05, 3.63) is 28.8 Å². The van der Waals surface area contributed by atoms with Gasteiger partial charge in [0, 0.05) is 5.56 Å². The Labute approximate surface area is 124 Å². The van der Waals surface area contributed by atoms with Gasteiger partial charge in [-0.15, -0.1) is 0 Å². The van der Waals surface area contributed by atoms with Crippen molar-refractivity contribution in [2.45, 2.75) is 6.18 Å². The molecule has 0 atom stereocenters. The number of hydrogen-bond acceptors (Lipinski definition) is 3. The summed E-state index contributed by atoms with van der Waals surface area (Å²) in [5.74, 6) is 4.63. The molecule has 1 rings (SSSR count). The van der Waals surface area contributed by atoms with Crippen LogP contribution >= 0.6 is 11.6 Å². The Balaban J connectivity index is 2.63. The van der Waals surface area contributed by atoms with Crippen LogP contribution < -0.4 is 11.1 Å². The van der Waals surface area contributed by atoms with E-state index in [1.807, 2.05) is 0 Å². The number of anilines is 1. The molecule has 0 radical (unpaired) electrons. The zero-order chi connectivity index (χ0) is 15.9. The summed E-state index contributed by atoms with van der Waals surface area (Å²) in [5.41, 5.74) is 6.04. The van der Waals surface area contributed by atoms with E-state index in [0.29, 0.717) is 5.56 Å². The maximum absolute atomic E-state index is 11.9. The summed E-state index contributed by atoms with van der Waals surface area (Å²) < 4.78 is 39.8. The Morgan fingerprint density at radius 3 is 2.76 bits per heavy atom. The van der Waals surface area contributed by atoms with Gasteiger partial charge in [0.1, 0.15) is 13.2 Å². The minimum Gasteiger partial charge on any atom is -0.362 e. The second kappa shape index (κ2) is 7.88. The highest BCUT2D eigenvalue weighted by Crippen LogP contribution is 2.22. The first kappa shape index (κ1) is 17.3. The van der Waals surface area contributed by atoms with Crippen LogP contribution in [0.1, 0.15) is 5.56 Å². The van der Waals surface area contributed by atoms with Gasteiger partial charge in [-0.1, -0.05) is 23.4 Å². The van der Waals surface area contributed by atoms with Gasteiger partial charge >= 0.3 is 6.18 Å². The molecule has 0 spiro atoms. The second-order valence-corrected chi connectivity index (χ2v) is 4.26. The van der Waals surface area contributed by atoms with Crippen molar-refractivity contribution in [3.8, 4) is 11.8 Å². The Kier molecular flexibility index (Phi) is 6.49. The minimum absolute atomic E-state index is 0.176. The van der Waals surface area contributed by atoms with E-state index in [1.54, 1.807) is 6.07 Å². The fraction of sp³-hybridized carbons (Fsp3) is 0.308. The summed E-state index contributed by atoms with van der Waals surface area (Å²) in [5, 5.41) is 2.58. The molecule has 8 heteroatoms. The summed E-state index contributed by atoms with van der Waals surface area (Å²) in [4.78, 5) is 11.5. The summed E-state index contributed by atoms with van der Waals surface area (Å²) in [6.45, 7) is -2.04. The number of carbonyl (C=O) groups is 1. The van der Waals surface area contributed by atoms with Crippen molar-refractivity contribution in [1.82, 2.24) is 0 Å². The zero-order valence-electron chi connectivity index (χ0n) is 10.8. The lowest BCUT2D eigenvalue weighted by Gasteiger charge is -2.09. The Bertz CT molecular complexity index is 565. The van der Waals surface area contributed by atoms with Crippen molar-refractivity contribution >= 4 is 23.2 Å². The molecule has 21 heavy (non-hydrogen) atoms. The van der Waals surface area contributed by atoms with Gasteiger partial charge < -0.3 is 15.8 Å². The molecule has 3 N–H and O–H groups in total. The molecule has 0 aliphatic heterocycles. The average molecular weight is 321 g/mol. The second-order valence-electron chi connectivity index (χ2n) is 3.86. The van der Waals surface area contributed by atoms with E-state index in [4.69, 9.17) is 17.3 Å². The summed E-state index contributed by atoms with van der Waals surface area (Å²) in [6, 6.07) is 4.63. The Morgan fingerprint density at radius 1 is 1.43 bits per heavy atom. The molecule has 0 fully saturated rings. The number of benzene rings is 1. The number of carbonyl (C=O) groups excluding carboxylic acids is 1. The third-order valence-electron chi connectivity index (χ3n) is 2.07. The van der Waals surface area contributed by atoms with Crippen LogP contribution in [0, 0.1) is 11.8 Å². The fourth-order valence-corrected chi connectivity index (χ4v) is 1.46. The Morgan fingerprint density at radius 2 is 2.14 bits per heavy atom. The van der Waals surface area contributed by atoms with E-state index >= 15 is 0 Å². The predicted octanol–water partition coefficient (Wildman–Crippen LogP) is 2.17. The van der Waals surface area contributed by atoms with E-state index in [9.17, 15) is 18.0 Å². The first-order chi connectivity index (χ1) is 9.81. The van der Waals surface area contributed by atoms with Crippen molar-refractivity contribution in [1.29, 1.82) is 0 Å². The van der Waals surface area contributed by atoms with Crippen LogP contribution in [0.3, 0.4) is 0 Å². The first-order valence-electron chi connectivity index (χ1n) is 5.74. The standard InChI is InChI=1S/C13H12ClF3N2O2/c14-10-4-3-9(2-1-5-18)6-11(10)19-12(20)7-21-8-13(15,16)17/h3-4,6H,5,7-8,18H2,(H,19,20). The lowest BCUT2D eigenvalue weighted by atomic mass is 10.2. The van der Waals surface area contributed by atoms with Crippen LogP contribution in [-0.4, -0.2) is 31.8 Å². The lowest BCUT2D eigenvalue weighted by Crippen LogP contribution is -2.24. The van der Waals surface area contributed by atoms with Gasteiger partial charge in [0.15, 0.2) is 0 Å². The van der Waals surface area contributed by atoms with E-state index in [0.717, 1.165) is 0 Å². The highest BCUT2D eigenvalue weighted by molar-refractivity contribution is 6.33. The molecule has 4 nitrogen and oxygen atoms in total. The number of amides is 1. The number of alkyl halides is 3. The monoisotopic (exact) mass is 320 g/mol. The molecule has 114 valence electrons. The van der Waals surface area contributed by atoms with Gasteiger partial charge in [-0.3, -0.25) is 4.79 Å². The van der Waals surface area contributed by atoms with E-state index < -0.39 is 25.3 Å². The van der Waals surface area contributed by atoms with Crippen LogP contribution in [0.4, 0.5) is 18.9 Å². The molecule has 1 aromatic rings. The van der Waals surface area contributed by atoms with E-state index in [1.165, 1.54) is 12.1 Å². The molecular formula is C13H12ClF3N2O2. The maximum atomic E-state index is 11.9. The average Bonchev–Trinajstić information content (AvgIpc) is 2.38. The number of hydrogen-bond donors (Lipinski definition) is 2. The molecule has 1 aromatic carbocycles. The van der Waals surface area contributed by atoms with Gasteiger partial charge in [0.05, 0.1) is 17.3 Å². The number of ether oxygens (including phenoxy) is 1. The third kappa shape index (κ3) is 6.99. The van der Waals surface area contributed by atoms with Crippen LogP contribution in [0.5, 0.6) is 0 Å². The van der Waals surface area contributed by atoms with Crippen molar-refractivity contribution in [2.75, 3.05) is 25.1 Å². The topological polar surface area (TPSA) is 64.3 Å². The van der Waals surface area contributed by atoms with Gasteiger partial charge in [-0.05, 0) is 18.2 Å². The SMILES string of the molecule is NCC#Cc1ccc(Cl)c(NC(=O)COCC(F)(F)F)c1. The largest absolute Gasteiger partial charge is 0.411 e. The van der Waals surface area contributed by atoms with E-state index in [2.05, 4.69) is 21.9 Å². The lowest BCUT2D eigenvalue weighted by molar-refractivity contribution is -0.174. The van der Waals surface area contributed by atoms with Crippen LogP contribution in [-0.2, 0) is 9.53 Å². The molecule has 1 amide bonds. The highest BCUT2D eigenvalue weighted by Gasteiger charge is 2.27. The molecule has 0 bridgehead atoms.